The Morgan fingerprint density at radius 3 is 2.44 bits per heavy atom. The summed E-state index contributed by atoms with van der Waals surface area (Å²) in [5, 5.41) is 44.3. The molecule has 2 bridgehead atoms. The zero-order valence-corrected chi connectivity index (χ0v) is 33.7. The maximum atomic E-state index is 13.7. The molecular formula is C40H74N6O6. The Balaban J connectivity index is 1.14. The average Bonchev–Trinajstić information content (AvgIpc) is 3.65. The third kappa shape index (κ3) is 8.13. The molecule has 7 aliphatic rings. The Labute approximate surface area is 314 Å². The van der Waals surface area contributed by atoms with Crippen LogP contribution in [0.1, 0.15) is 92.4 Å². The number of hydrazine groups is 1. The van der Waals surface area contributed by atoms with Gasteiger partial charge in [0.25, 0.3) is 0 Å². The van der Waals surface area contributed by atoms with Crippen molar-refractivity contribution in [3.8, 4) is 0 Å². The van der Waals surface area contributed by atoms with E-state index in [9.17, 15) is 20.1 Å². The van der Waals surface area contributed by atoms with E-state index < -0.39 is 30.4 Å². The van der Waals surface area contributed by atoms with Gasteiger partial charge in [0, 0.05) is 69.2 Å². The van der Waals surface area contributed by atoms with Crippen molar-refractivity contribution in [1.82, 2.24) is 31.0 Å². The van der Waals surface area contributed by atoms with Crippen LogP contribution in [0.25, 0.3) is 0 Å². The lowest BCUT2D eigenvalue weighted by molar-refractivity contribution is -0.204. The molecule has 17 atom stereocenters. The molecule has 0 aromatic carbocycles. The molecule has 1 amide bonds. The summed E-state index contributed by atoms with van der Waals surface area (Å²) in [6, 6.07) is 0.731. The van der Waals surface area contributed by atoms with Crippen molar-refractivity contribution in [2.75, 3.05) is 47.9 Å². The fraction of sp³-hybridized carbons (Fsp3) is 0.975. The molecule has 0 aromatic rings. The van der Waals surface area contributed by atoms with Crippen LogP contribution < -0.4 is 16.1 Å². The van der Waals surface area contributed by atoms with E-state index in [-0.39, 0.29) is 42.5 Å². The second-order valence-electron chi connectivity index (χ2n) is 19.0. The number of nitrogens with one attached hydrogen (secondary N) is 3. The van der Waals surface area contributed by atoms with Gasteiger partial charge in [0.2, 0.25) is 5.91 Å². The number of carbonyl (C=O) groups excluding carboxylic acids is 1. The number of ether oxygens (including phenoxy) is 1. The van der Waals surface area contributed by atoms with Crippen molar-refractivity contribution in [3.63, 3.8) is 0 Å². The molecule has 300 valence electrons. The summed E-state index contributed by atoms with van der Waals surface area (Å²) in [6.07, 6.45) is 6.90. The van der Waals surface area contributed by atoms with Crippen molar-refractivity contribution in [2.24, 2.45) is 52.8 Å². The van der Waals surface area contributed by atoms with E-state index in [1.807, 2.05) is 12.2 Å². The molecule has 7 rings (SSSR count). The zero-order chi connectivity index (χ0) is 37.6. The summed E-state index contributed by atoms with van der Waals surface area (Å²) in [6.45, 7) is 12.0. The Kier molecular flexibility index (Phi) is 13.0. The summed E-state index contributed by atoms with van der Waals surface area (Å²) in [7, 11) is 8.16. The lowest BCUT2D eigenvalue weighted by Gasteiger charge is -2.62. The summed E-state index contributed by atoms with van der Waals surface area (Å²) in [5.41, 5.74) is 3.83. The third-order valence-electron chi connectivity index (χ3n) is 15.5. The molecule has 2 saturated heterocycles. The van der Waals surface area contributed by atoms with Crippen molar-refractivity contribution in [1.29, 1.82) is 0 Å². The Bertz CT molecular complexity index is 1180. The standard InChI is InChI=1S/C40H74N6O6/c1-22-13-29(43-45(22)8)19-41-38(49)27-14-26(15-30(16-27)44(6)7)31-12-10-11-25(37(31)51-9)20-46-36(35(24(3)48)34(21-47)52-46)39(50)42-33-18-28-17-32(23(33)2)40(28,4)5/h22-37,39,42-43,47-48,50H,10-21H2,1-9H3,(H,41,49)/t22?,23-,24-,25?,26?,27?,28+,29?,30?,31?,32-,33?,34-,35-,36-,37?,39?/m0/s1. The van der Waals surface area contributed by atoms with Crippen molar-refractivity contribution in [2.45, 2.75) is 147 Å². The van der Waals surface area contributed by atoms with Gasteiger partial charge in [-0.05, 0) is 114 Å². The van der Waals surface area contributed by atoms with Crippen LogP contribution in [-0.4, -0.2) is 139 Å². The van der Waals surface area contributed by atoms with Gasteiger partial charge >= 0.3 is 0 Å². The Hall–Kier alpha value is -0.930. The second kappa shape index (κ2) is 16.7. The lowest BCUT2D eigenvalue weighted by atomic mass is 9.44. The Morgan fingerprint density at radius 1 is 1.10 bits per heavy atom. The first-order chi connectivity index (χ1) is 24.6. The number of aliphatic hydroxyl groups is 3. The highest BCUT2D eigenvalue weighted by molar-refractivity contribution is 5.78. The van der Waals surface area contributed by atoms with Crippen LogP contribution in [0.2, 0.25) is 0 Å². The predicted molar refractivity (Wildman–Crippen MR) is 201 cm³/mol. The molecule has 52 heavy (non-hydrogen) atoms. The molecule has 5 aliphatic carbocycles. The van der Waals surface area contributed by atoms with Gasteiger partial charge in [0.05, 0.1) is 24.9 Å². The maximum Gasteiger partial charge on any atom is 0.223 e. The van der Waals surface area contributed by atoms with Crippen LogP contribution in [0.5, 0.6) is 0 Å². The highest BCUT2D eigenvalue weighted by Crippen LogP contribution is 2.61. The van der Waals surface area contributed by atoms with E-state index in [1.165, 1.54) is 6.42 Å². The number of methoxy groups -OCH3 is 1. The molecule has 12 heteroatoms. The van der Waals surface area contributed by atoms with Gasteiger partial charge in [-0.1, -0.05) is 27.2 Å². The van der Waals surface area contributed by atoms with Gasteiger partial charge in [-0.15, -0.1) is 0 Å². The van der Waals surface area contributed by atoms with Crippen molar-refractivity contribution < 1.29 is 29.7 Å². The molecule has 5 saturated carbocycles. The van der Waals surface area contributed by atoms with E-state index in [4.69, 9.17) is 9.57 Å². The number of carbonyl (C=O) groups is 1. The first-order valence-corrected chi connectivity index (χ1v) is 20.8. The molecule has 0 spiro atoms. The molecule has 12 nitrogen and oxygen atoms in total. The number of hydrogen-bond donors (Lipinski definition) is 6. The van der Waals surface area contributed by atoms with E-state index in [1.54, 1.807) is 6.92 Å². The monoisotopic (exact) mass is 735 g/mol. The van der Waals surface area contributed by atoms with E-state index in [0.717, 1.165) is 51.4 Å². The lowest BCUT2D eigenvalue weighted by Crippen LogP contribution is -2.63. The maximum absolute atomic E-state index is 13.7. The molecular weight excluding hydrogens is 660 g/mol. The van der Waals surface area contributed by atoms with Crippen LogP contribution >= 0.6 is 0 Å². The number of amides is 1. The van der Waals surface area contributed by atoms with Crippen LogP contribution in [0.3, 0.4) is 0 Å². The predicted octanol–water partition coefficient (Wildman–Crippen LogP) is 2.43. The van der Waals surface area contributed by atoms with Crippen molar-refractivity contribution >= 4 is 5.91 Å². The highest BCUT2D eigenvalue weighted by atomic mass is 16.7. The number of nitrogens with zero attached hydrogens (tertiary/aromatic N) is 3. The number of hydrogen-bond acceptors (Lipinski definition) is 11. The first-order valence-electron chi connectivity index (χ1n) is 20.8. The van der Waals surface area contributed by atoms with Gasteiger partial charge in [-0.25, -0.2) is 5.01 Å². The van der Waals surface area contributed by atoms with E-state index >= 15 is 0 Å². The summed E-state index contributed by atoms with van der Waals surface area (Å²) >= 11 is 0. The third-order valence-corrected chi connectivity index (χ3v) is 15.5. The fourth-order valence-electron chi connectivity index (χ4n) is 12.1. The summed E-state index contributed by atoms with van der Waals surface area (Å²) in [4.78, 5) is 22.5. The first kappa shape index (κ1) is 40.7. The highest BCUT2D eigenvalue weighted by Gasteiger charge is 2.57. The summed E-state index contributed by atoms with van der Waals surface area (Å²) in [5.74, 6) is 2.22. The van der Waals surface area contributed by atoms with Gasteiger partial charge in [-0.3, -0.25) is 20.4 Å². The Morgan fingerprint density at radius 2 is 1.85 bits per heavy atom. The largest absolute Gasteiger partial charge is 0.394 e. The number of fused-ring (bicyclic) bond motifs is 2. The molecule has 0 aromatic heterocycles. The van der Waals surface area contributed by atoms with E-state index in [2.05, 4.69) is 74.8 Å². The van der Waals surface area contributed by atoms with Gasteiger partial charge in [0.1, 0.15) is 12.3 Å². The molecule has 6 N–H and O–H groups in total. The van der Waals surface area contributed by atoms with Crippen molar-refractivity contribution in [3.05, 3.63) is 0 Å². The van der Waals surface area contributed by atoms with Gasteiger partial charge < -0.3 is 30.3 Å². The van der Waals surface area contributed by atoms with Crippen LogP contribution in [0.4, 0.5) is 0 Å². The van der Waals surface area contributed by atoms with Crippen LogP contribution in [-0.2, 0) is 14.4 Å². The van der Waals surface area contributed by atoms with Crippen LogP contribution in [0.15, 0.2) is 0 Å². The molecule has 10 unspecified atom stereocenters. The SMILES string of the molecule is COC1C(CN2O[C@@H](CO)[C@H]([C@H](C)O)[C@H]2C(O)NC2C[C@H]3C[C@@H]([C@@H]2C)C3(C)C)CCCC1C1CC(C(=O)NCC2CC(C)N(C)N2)CC(N(C)C)C1. The number of rotatable bonds is 13. The minimum absolute atomic E-state index is 0.0247. The molecule has 2 aliphatic heterocycles. The van der Waals surface area contributed by atoms with Crippen LogP contribution in [0, 0.1) is 52.8 Å². The molecule has 2 heterocycles. The topological polar surface area (TPSA) is 142 Å². The second-order valence-corrected chi connectivity index (χ2v) is 19.0. The minimum atomic E-state index is -0.911. The molecule has 0 radical (unpaired) electrons. The van der Waals surface area contributed by atoms with E-state index in [0.29, 0.717) is 60.2 Å². The molecule has 7 fully saturated rings. The summed E-state index contributed by atoms with van der Waals surface area (Å²) < 4.78 is 6.42. The fourth-order valence-corrected chi connectivity index (χ4v) is 12.1. The smallest absolute Gasteiger partial charge is 0.223 e. The quantitative estimate of drug-likeness (QED) is 0.156. The zero-order valence-electron chi connectivity index (χ0n) is 33.7. The minimum Gasteiger partial charge on any atom is -0.394 e. The van der Waals surface area contributed by atoms with Gasteiger partial charge in [-0.2, -0.15) is 5.06 Å². The normalized spacial score (nSPS) is 45.1. The number of aliphatic hydroxyl groups excluding tert-OH is 3. The average molecular weight is 735 g/mol. The van der Waals surface area contributed by atoms with Gasteiger partial charge in [0.15, 0.2) is 0 Å². The number of hydroxylamine groups is 2.